The van der Waals surface area contributed by atoms with E-state index in [1.807, 2.05) is 11.6 Å². The topological polar surface area (TPSA) is 98.5 Å². The average molecular weight is 282 g/mol. The van der Waals surface area contributed by atoms with Crippen molar-refractivity contribution in [2.45, 2.75) is 17.9 Å². The molecule has 0 spiro atoms. The van der Waals surface area contributed by atoms with E-state index in [1.165, 1.54) is 18.7 Å². The van der Waals surface area contributed by atoms with Gasteiger partial charge in [0.2, 0.25) is 0 Å². The second-order valence-electron chi connectivity index (χ2n) is 3.60. The van der Waals surface area contributed by atoms with Crippen LogP contribution in [0, 0.1) is 0 Å². The van der Waals surface area contributed by atoms with Crippen LogP contribution in [0.5, 0.6) is 0 Å². The van der Waals surface area contributed by atoms with Gasteiger partial charge in [-0.05, 0) is 25.3 Å². The zero-order valence-electron chi connectivity index (χ0n) is 10.5. The first kappa shape index (κ1) is 15.0. The van der Waals surface area contributed by atoms with Gasteiger partial charge in [-0.25, -0.2) is 9.59 Å². The normalized spacial score (nSPS) is 11.5. The molecule has 0 bridgehead atoms. The van der Waals surface area contributed by atoms with Crippen molar-refractivity contribution in [3.05, 3.63) is 29.8 Å². The van der Waals surface area contributed by atoms with E-state index >= 15 is 0 Å². The SMILES string of the molecule is CSc1ccccc1C(=O)O[C@@H](C)C(=O)NC(N)=O. The summed E-state index contributed by atoms with van der Waals surface area (Å²) in [5.41, 5.74) is 5.17. The molecule has 0 aliphatic carbocycles. The van der Waals surface area contributed by atoms with E-state index in [1.54, 1.807) is 24.3 Å². The van der Waals surface area contributed by atoms with E-state index in [0.29, 0.717) is 5.56 Å². The maximum atomic E-state index is 11.9. The fraction of sp³-hybridized carbons (Fsp3) is 0.250. The third-order valence-electron chi connectivity index (χ3n) is 2.23. The molecule has 6 nitrogen and oxygen atoms in total. The summed E-state index contributed by atoms with van der Waals surface area (Å²) in [6.45, 7) is 1.36. The first-order valence-corrected chi connectivity index (χ1v) is 6.62. The molecule has 102 valence electrons. The molecule has 0 radical (unpaired) electrons. The van der Waals surface area contributed by atoms with E-state index in [2.05, 4.69) is 0 Å². The number of nitrogens with one attached hydrogen (secondary N) is 1. The molecular weight excluding hydrogens is 268 g/mol. The van der Waals surface area contributed by atoms with Crippen molar-refractivity contribution in [2.24, 2.45) is 5.73 Å². The standard InChI is InChI=1S/C12H14N2O4S/c1-7(10(15)14-12(13)17)18-11(16)8-5-3-4-6-9(8)19-2/h3-7H,1-2H3,(H3,13,14,15,17)/t7-/m0/s1. The molecule has 1 aromatic carbocycles. The second-order valence-corrected chi connectivity index (χ2v) is 4.45. The van der Waals surface area contributed by atoms with Gasteiger partial charge in [-0.15, -0.1) is 11.8 Å². The molecule has 0 saturated carbocycles. The van der Waals surface area contributed by atoms with E-state index in [-0.39, 0.29) is 0 Å². The first-order chi connectivity index (χ1) is 8.95. The van der Waals surface area contributed by atoms with Crippen LogP contribution in [0.2, 0.25) is 0 Å². The Kier molecular flexibility index (Phi) is 5.37. The molecule has 1 atom stereocenters. The van der Waals surface area contributed by atoms with Crippen LogP contribution in [0.15, 0.2) is 29.2 Å². The minimum Gasteiger partial charge on any atom is -0.449 e. The van der Waals surface area contributed by atoms with Gasteiger partial charge in [0.15, 0.2) is 6.10 Å². The van der Waals surface area contributed by atoms with Crippen molar-refractivity contribution >= 4 is 29.7 Å². The third-order valence-corrected chi connectivity index (χ3v) is 3.02. The number of thioether (sulfide) groups is 1. The minimum absolute atomic E-state index is 0.369. The highest BCUT2D eigenvalue weighted by atomic mass is 32.2. The quantitative estimate of drug-likeness (QED) is 0.637. The largest absolute Gasteiger partial charge is 0.449 e. The average Bonchev–Trinajstić information content (AvgIpc) is 2.37. The Hall–Kier alpha value is -2.02. The van der Waals surface area contributed by atoms with Gasteiger partial charge >= 0.3 is 12.0 Å². The van der Waals surface area contributed by atoms with Gasteiger partial charge in [-0.1, -0.05) is 12.1 Å². The maximum Gasteiger partial charge on any atom is 0.340 e. The number of hydrogen-bond donors (Lipinski definition) is 2. The summed E-state index contributed by atoms with van der Waals surface area (Å²) >= 11 is 1.39. The van der Waals surface area contributed by atoms with Gasteiger partial charge < -0.3 is 10.5 Å². The molecule has 7 heteroatoms. The molecule has 3 N–H and O–H groups in total. The van der Waals surface area contributed by atoms with Gasteiger partial charge in [-0.2, -0.15) is 0 Å². The second kappa shape index (κ2) is 6.79. The van der Waals surface area contributed by atoms with Gasteiger partial charge in [0.1, 0.15) is 0 Å². The molecule has 3 amide bonds. The number of ether oxygens (including phenoxy) is 1. The van der Waals surface area contributed by atoms with Crippen LogP contribution < -0.4 is 11.1 Å². The molecule has 1 rings (SSSR count). The summed E-state index contributed by atoms with van der Waals surface area (Å²) in [5.74, 6) is -1.39. The Labute approximate surface area is 114 Å². The number of amides is 3. The van der Waals surface area contributed by atoms with Crippen molar-refractivity contribution in [3.8, 4) is 0 Å². The summed E-state index contributed by atoms with van der Waals surface area (Å²) in [4.78, 5) is 34.5. The third kappa shape index (κ3) is 4.29. The lowest BCUT2D eigenvalue weighted by molar-refractivity contribution is -0.127. The fourth-order valence-electron chi connectivity index (χ4n) is 1.31. The maximum absolute atomic E-state index is 11.9. The van der Waals surface area contributed by atoms with Crippen LogP contribution in [0.4, 0.5) is 4.79 Å². The number of carbonyl (C=O) groups is 3. The molecule has 0 saturated heterocycles. The number of carbonyl (C=O) groups excluding carboxylic acids is 3. The van der Waals surface area contributed by atoms with Crippen molar-refractivity contribution in [3.63, 3.8) is 0 Å². The van der Waals surface area contributed by atoms with Crippen LogP contribution in [0.25, 0.3) is 0 Å². The lowest BCUT2D eigenvalue weighted by Gasteiger charge is -2.13. The Balaban J connectivity index is 2.74. The smallest absolute Gasteiger partial charge is 0.340 e. The molecular formula is C12H14N2O4S. The Morgan fingerprint density at radius 1 is 1.32 bits per heavy atom. The Morgan fingerprint density at radius 2 is 1.95 bits per heavy atom. The number of hydrogen-bond acceptors (Lipinski definition) is 5. The molecule has 1 aromatic rings. The molecule has 0 fully saturated rings. The lowest BCUT2D eigenvalue weighted by Crippen LogP contribution is -2.42. The van der Waals surface area contributed by atoms with Crippen molar-refractivity contribution in [2.75, 3.05) is 6.26 Å². The highest BCUT2D eigenvalue weighted by Crippen LogP contribution is 2.20. The summed E-state index contributed by atoms with van der Waals surface area (Å²) < 4.78 is 4.97. The molecule has 0 aromatic heterocycles. The number of esters is 1. The van der Waals surface area contributed by atoms with Crippen LogP contribution in [-0.2, 0) is 9.53 Å². The van der Waals surface area contributed by atoms with Gasteiger partial charge in [0, 0.05) is 4.90 Å². The van der Waals surface area contributed by atoms with Crippen LogP contribution in [0.3, 0.4) is 0 Å². The summed E-state index contributed by atoms with van der Waals surface area (Å²) in [6.07, 6.45) is 0.727. The van der Waals surface area contributed by atoms with Gasteiger partial charge in [0.25, 0.3) is 5.91 Å². The highest BCUT2D eigenvalue weighted by molar-refractivity contribution is 7.98. The van der Waals surface area contributed by atoms with Gasteiger partial charge in [-0.3, -0.25) is 10.1 Å². The zero-order chi connectivity index (χ0) is 14.4. The number of imide groups is 1. The van der Waals surface area contributed by atoms with E-state index in [4.69, 9.17) is 10.5 Å². The highest BCUT2D eigenvalue weighted by Gasteiger charge is 2.21. The van der Waals surface area contributed by atoms with Crippen LogP contribution in [0.1, 0.15) is 17.3 Å². The number of benzene rings is 1. The molecule has 19 heavy (non-hydrogen) atoms. The number of primary amides is 1. The molecule has 0 unspecified atom stereocenters. The molecule has 0 aliphatic heterocycles. The monoisotopic (exact) mass is 282 g/mol. The van der Waals surface area contributed by atoms with Crippen molar-refractivity contribution < 1.29 is 19.1 Å². The summed E-state index contributed by atoms with van der Waals surface area (Å²) in [7, 11) is 0. The van der Waals surface area contributed by atoms with E-state index in [9.17, 15) is 14.4 Å². The van der Waals surface area contributed by atoms with Crippen LogP contribution >= 0.6 is 11.8 Å². The number of nitrogens with two attached hydrogens (primary N) is 1. The fourth-order valence-corrected chi connectivity index (χ4v) is 1.90. The van der Waals surface area contributed by atoms with Gasteiger partial charge in [0.05, 0.1) is 5.56 Å². The van der Waals surface area contributed by atoms with Crippen molar-refractivity contribution in [1.82, 2.24) is 5.32 Å². The lowest BCUT2D eigenvalue weighted by atomic mass is 10.2. The van der Waals surface area contributed by atoms with E-state index in [0.717, 1.165) is 4.90 Å². The predicted octanol–water partition coefficient (Wildman–Crippen LogP) is 1.15. The number of urea groups is 1. The molecule has 0 heterocycles. The van der Waals surface area contributed by atoms with Crippen LogP contribution in [-0.4, -0.2) is 30.3 Å². The summed E-state index contributed by atoms with van der Waals surface area (Å²) in [5, 5.41) is 1.85. The van der Waals surface area contributed by atoms with Crippen molar-refractivity contribution in [1.29, 1.82) is 0 Å². The number of rotatable bonds is 4. The Morgan fingerprint density at radius 3 is 2.53 bits per heavy atom. The van der Waals surface area contributed by atoms with E-state index < -0.39 is 24.0 Å². The predicted molar refractivity (Wildman–Crippen MR) is 70.8 cm³/mol. The summed E-state index contributed by atoms with van der Waals surface area (Å²) in [6, 6.07) is 5.89. The minimum atomic E-state index is -1.10. The molecule has 0 aliphatic rings. The first-order valence-electron chi connectivity index (χ1n) is 5.40. The zero-order valence-corrected chi connectivity index (χ0v) is 11.3. The Bertz CT molecular complexity index is 504.